The van der Waals surface area contributed by atoms with Crippen LogP contribution in [-0.2, 0) is 13.0 Å². The summed E-state index contributed by atoms with van der Waals surface area (Å²) in [6, 6.07) is 14.3. The van der Waals surface area contributed by atoms with Crippen LogP contribution in [0.3, 0.4) is 0 Å². The van der Waals surface area contributed by atoms with E-state index in [1.807, 2.05) is 30.3 Å². The van der Waals surface area contributed by atoms with Crippen LogP contribution in [0, 0.1) is 17.7 Å². The van der Waals surface area contributed by atoms with Crippen molar-refractivity contribution in [1.82, 2.24) is 9.97 Å². The van der Waals surface area contributed by atoms with Crippen LogP contribution in [0.1, 0.15) is 37.9 Å². The normalized spacial score (nSPS) is 17.9. The number of nitrogens with one attached hydrogen (secondary N) is 1. The van der Waals surface area contributed by atoms with Gasteiger partial charge in [-0.25, -0.2) is 9.37 Å². The van der Waals surface area contributed by atoms with Crippen LogP contribution in [0.4, 0.5) is 10.2 Å². The second-order valence-electron chi connectivity index (χ2n) is 7.98. The lowest BCUT2D eigenvalue weighted by molar-refractivity contribution is 0.226. The number of aliphatic hydroxyl groups is 1. The van der Waals surface area contributed by atoms with Crippen LogP contribution in [-0.4, -0.2) is 21.7 Å². The van der Waals surface area contributed by atoms with Gasteiger partial charge in [-0.05, 0) is 73.4 Å². The van der Waals surface area contributed by atoms with E-state index in [1.165, 1.54) is 12.1 Å². The van der Waals surface area contributed by atoms with Gasteiger partial charge in [0.15, 0.2) is 0 Å². The molecule has 1 aliphatic rings. The van der Waals surface area contributed by atoms with Gasteiger partial charge in [-0.2, -0.15) is 0 Å². The minimum atomic E-state index is -0.250. The summed E-state index contributed by atoms with van der Waals surface area (Å²) in [6.45, 7) is 0.756. The molecular weight excluding hydrogens is 413 g/mol. The number of hydrogen-bond donors (Lipinski definition) is 2. The van der Waals surface area contributed by atoms with E-state index < -0.39 is 0 Å². The van der Waals surface area contributed by atoms with Gasteiger partial charge in [-0.3, -0.25) is 4.98 Å². The maximum absolute atomic E-state index is 13.4. The number of benzene rings is 1. The van der Waals surface area contributed by atoms with Crippen LogP contribution in [0.5, 0.6) is 0 Å². The molecule has 0 radical (unpaired) electrons. The summed E-state index contributed by atoms with van der Waals surface area (Å²) >= 11 is 6.44. The number of hydrogen-bond acceptors (Lipinski definition) is 4. The number of anilines is 1. The Morgan fingerprint density at radius 1 is 1.10 bits per heavy atom. The summed E-state index contributed by atoms with van der Waals surface area (Å²) in [5.41, 5.74) is 3.47. The van der Waals surface area contributed by atoms with E-state index in [0.717, 1.165) is 48.2 Å². The molecule has 2 N–H and O–H groups in total. The molecule has 6 heteroatoms. The number of rotatable bonds is 7. The molecule has 0 aliphatic heterocycles. The average molecular weight is 442 g/mol. The summed E-state index contributed by atoms with van der Waals surface area (Å²) in [5, 5.41) is 13.2. The number of halogens is 2. The van der Waals surface area contributed by atoms with Gasteiger partial charge in [0, 0.05) is 30.6 Å². The van der Waals surface area contributed by atoms with E-state index in [-0.39, 0.29) is 19.9 Å². The van der Waals surface area contributed by atoms with Crippen molar-refractivity contribution in [2.75, 3.05) is 11.9 Å². The molecule has 164 valence electrons. The molecular formula is C25H29ClFN3O. The van der Waals surface area contributed by atoms with Crippen molar-refractivity contribution in [3.8, 4) is 11.3 Å². The topological polar surface area (TPSA) is 58.0 Å². The number of nitrogens with zero attached hydrogens (tertiary/aromatic N) is 2. The molecule has 1 aromatic carbocycles. The van der Waals surface area contributed by atoms with Crippen LogP contribution < -0.4 is 5.32 Å². The summed E-state index contributed by atoms with van der Waals surface area (Å²) in [5.74, 6) is 1.42. The van der Waals surface area contributed by atoms with Gasteiger partial charge in [0.2, 0.25) is 0 Å². The standard InChI is InChI=1S/C24H25ClFN3O.CH4/c25-22-14-27-20(11-16-7-8-18(9-16)15-30)12-21(22)23-5-2-6-24(29-23)28-13-17-3-1-4-19(26)10-17;/h1-6,10,12,14,16,18,30H,7-9,11,13,15H2,(H,28,29);1H4/t16-,18+;/m0./s1. The quantitative estimate of drug-likeness (QED) is 0.462. The third-order valence-corrected chi connectivity index (χ3v) is 6.01. The lowest BCUT2D eigenvalue weighted by atomic mass is 9.98. The largest absolute Gasteiger partial charge is 0.396 e. The molecule has 0 bridgehead atoms. The molecule has 0 unspecified atom stereocenters. The van der Waals surface area contributed by atoms with E-state index in [1.54, 1.807) is 12.3 Å². The van der Waals surface area contributed by atoms with Gasteiger partial charge in [0.1, 0.15) is 11.6 Å². The Morgan fingerprint density at radius 3 is 2.68 bits per heavy atom. The van der Waals surface area contributed by atoms with Crippen LogP contribution >= 0.6 is 11.6 Å². The highest BCUT2D eigenvalue weighted by Crippen LogP contribution is 2.34. The molecule has 1 saturated carbocycles. The molecule has 2 aromatic heterocycles. The lowest BCUT2D eigenvalue weighted by Gasteiger charge is -2.12. The Labute approximate surface area is 188 Å². The summed E-state index contributed by atoms with van der Waals surface area (Å²) in [7, 11) is 0. The van der Waals surface area contributed by atoms with Crippen molar-refractivity contribution in [2.45, 2.75) is 39.7 Å². The zero-order valence-electron chi connectivity index (χ0n) is 16.7. The highest BCUT2D eigenvalue weighted by atomic mass is 35.5. The first-order valence-corrected chi connectivity index (χ1v) is 10.7. The third-order valence-electron chi connectivity index (χ3n) is 5.71. The van der Waals surface area contributed by atoms with Gasteiger partial charge in [-0.1, -0.05) is 37.2 Å². The van der Waals surface area contributed by atoms with Crippen molar-refractivity contribution >= 4 is 17.4 Å². The van der Waals surface area contributed by atoms with E-state index in [2.05, 4.69) is 15.3 Å². The molecule has 31 heavy (non-hydrogen) atoms. The van der Waals surface area contributed by atoms with Crippen molar-refractivity contribution < 1.29 is 9.50 Å². The molecule has 4 nitrogen and oxygen atoms in total. The fourth-order valence-electron chi connectivity index (χ4n) is 4.14. The highest BCUT2D eigenvalue weighted by Gasteiger charge is 2.24. The summed E-state index contributed by atoms with van der Waals surface area (Å²) in [6.07, 6.45) is 5.84. The Morgan fingerprint density at radius 2 is 1.90 bits per heavy atom. The number of pyridine rings is 2. The first-order chi connectivity index (χ1) is 14.6. The SMILES string of the molecule is C.OC[C@@H]1CC[C@H](Cc2cc(-c3cccc(NCc4cccc(F)c4)n3)c(Cl)cn2)C1. The van der Waals surface area contributed by atoms with Crippen molar-refractivity contribution in [3.05, 3.63) is 76.8 Å². The fraction of sp³-hybridized carbons (Fsp3) is 0.360. The number of aliphatic hydroxyl groups excluding tert-OH is 1. The Balaban J connectivity index is 0.00000272. The van der Waals surface area contributed by atoms with E-state index in [9.17, 15) is 9.50 Å². The Kier molecular flexibility index (Phi) is 7.99. The number of aromatic nitrogens is 2. The summed E-state index contributed by atoms with van der Waals surface area (Å²) < 4.78 is 13.4. The minimum absolute atomic E-state index is 0. The predicted molar refractivity (Wildman–Crippen MR) is 125 cm³/mol. The second-order valence-corrected chi connectivity index (χ2v) is 8.39. The summed E-state index contributed by atoms with van der Waals surface area (Å²) in [4.78, 5) is 9.20. The van der Waals surface area contributed by atoms with E-state index in [4.69, 9.17) is 11.6 Å². The van der Waals surface area contributed by atoms with Crippen LogP contribution in [0.2, 0.25) is 5.02 Å². The lowest BCUT2D eigenvalue weighted by Crippen LogP contribution is -2.05. The van der Waals surface area contributed by atoms with E-state index >= 15 is 0 Å². The van der Waals surface area contributed by atoms with E-state index in [0.29, 0.717) is 29.2 Å². The first-order valence-electron chi connectivity index (χ1n) is 10.3. The fourth-order valence-corrected chi connectivity index (χ4v) is 4.34. The molecule has 0 spiro atoms. The van der Waals surface area contributed by atoms with Crippen molar-refractivity contribution in [3.63, 3.8) is 0 Å². The van der Waals surface area contributed by atoms with Gasteiger partial charge in [0.25, 0.3) is 0 Å². The maximum atomic E-state index is 13.4. The molecule has 1 fully saturated rings. The molecule has 0 amide bonds. The Bertz CT molecular complexity index is 1010. The smallest absolute Gasteiger partial charge is 0.126 e. The highest BCUT2D eigenvalue weighted by molar-refractivity contribution is 6.33. The first kappa shape index (κ1) is 23.2. The minimum Gasteiger partial charge on any atom is -0.396 e. The maximum Gasteiger partial charge on any atom is 0.126 e. The van der Waals surface area contributed by atoms with Gasteiger partial charge in [0.05, 0.1) is 10.7 Å². The average Bonchev–Trinajstić information content (AvgIpc) is 3.21. The molecule has 2 heterocycles. The van der Waals surface area contributed by atoms with Gasteiger partial charge < -0.3 is 10.4 Å². The molecule has 2 atom stereocenters. The molecule has 0 saturated heterocycles. The zero-order chi connectivity index (χ0) is 20.9. The van der Waals surface area contributed by atoms with Gasteiger partial charge >= 0.3 is 0 Å². The Hall–Kier alpha value is -2.50. The molecule has 1 aliphatic carbocycles. The van der Waals surface area contributed by atoms with Crippen molar-refractivity contribution in [1.29, 1.82) is 0 Å². The zero-order valence-corrected chi connectivity index (χ0v) is 17.4. The molecule has 4 rings (SSSR count). The predicted octanol–water partition coefficient (Wildman–Crippen LogP) is 6.14. The second kappa shape index (κ2) is 10.7. The monoisotopic (exact) mass is 441 g/mol. The van der Waals surface area contributed by atoms with Crippen LogP contribution in [0.25, 0.3) is 11.3 Å². The van der Waals surface area contributed by atoms with Crippen molar-refractivity contribution in [2.24, 2.45) is 11.8 Å². The van der Waals surface area contributed by atoms with Gasteiger partial charge in [-0.15, -0.1) is 0 Å². The van der Waals surface area contributed by atoms with Crippen LogP contribution in [0.15, 0.2) is 54.7 Å². The molecule has 3 aromatic rings. The third kappa shape index (κ3) is 6.02.